The SMILES string of the molecule is CC(=O)On1ccnc(C=O)c1=O. The zero-order valence-electron chi connectivity index (χ0n) is 6.76. The van der Waals surface area contributed by atoms with Gasteiger partial charge in [0.15, 0.2) is 12.0 Å². The third kappa shape index (κ3) is 1.98. The summed E-state index contributed by atoms with van der Waals surface area (Å²) < 4.78 is 0.652. The molecule has 0 aliphatic carbocycles. The Balaban J connectivity index is 3.16. The Morgan fingerprint density at radius 2 is 2.38 bits per heavy atom. The molecule has 1 heterocycles. The van der Waals surface area contributed by atoms with Gasteiger partial charge >= 0.3 is 11.5 Å². The minimum atomic E-state index is -0.757. The number of nitrogens with zero attached hydrogens (tertiary/aromatic N) is 2. The average molecular weight is 182 g/mol. The third-order valence-corrected chi connectivity index (χ3v) is 1.17. The Kier molecular flexibility index (Phi) is 2.53. The Morgan fingerprint density at radius 1 is 1.69 bits per heavy atom. The maximum absolute atomic E-state index is 11.1. The number of carbonyl (C=O) groups is 2. The van der Waals surface area contributed by atoms with E-state index in [0.29, 0.717) is 11.0 Å². The summed E-state index contributed by atoms with van der Waals surface area (Å²) in [5.74, 6) is -0.648. The van der Waals surface area contributed by atoms with Crippen LogP contribution in [0.15, 0.2) is 17.2 Å². The molecule has 1 rings (SSSR count). The molecule has 1 aromatic rings. The highest BCUT2D eigenvalue weighted by molar-refractivity contribution is 5.71. The molecule has 13 heavy (non-hydrogen) atoms. The summed E-state index contributed by atoms with van der Waals surface area (Å²) in [6.45, 7) is 1.15. The van der Waals surface area contributed by atoms with E-state index in [0.717, 1.165) is 13.1 Å². The summed E-state index contributed by atoms with van der Waals surface area (Å²) >= 11 is 0. The molecule has 0 fully saturated rings. The van der Waals surface area contributed by atoms with Crippen molar-refractivity contribution >= 4 is 12.3 Å². The van der Waals surface area contributed by atoms with Crippen LogP contribution in [-0.4, -0.2) is 22.0 Å². The van der Waals surface area contributed by atoms with Crippen LogP contribution >= 0.6 is 0 Å². The zero-order chi connectivity index (χ0) is 9.84. The van der Waals surface area contributed by atoms with Gasteiger partial charge in [0.2, 0.25) is 0 Å². The molecule has 0 spiro atoms. The van der Waals surface area contributed by atoms with Crippen LogP contribution in [0, 0.1) is 0 Å². The lowest BCUT2D eigenvalue weighted by atomic mass is 10.5. The average Bonchev–Trinajstić information content (AvgIpc) is 2.08. The molecule has 0 unspecified atom stereocenters. The monoisotopic (exact) mass is 182 g/mol. The molecule has 68 valence electrons. The van der Waals surface area contributed by atoms with Crippen molar-refractivity contribution in [1.29, 1.82) is 0 Å². The molecular weight excluding hydrogens is 176 g/mol. The van der Waals surface area contributed by atoms with Gasteiger partial charge in [-0.3, -0.25) is 9.59 Å². The highest BCUT2D eigenvalue weighted by Gasteiger charge is 2.04. The lowest BCUT2D eigenvalue weighted by Gasteiger charge is -2.01. The van der Waals surface area contributed by atoms with Crippen LogP contribution in [0.1, 0.15) is 17.4 Å². The van der Waals surface area contributed by atoms with Crippen molar-refractivity contribution in [2.45, 2.75) is 6.92 Å². The maximum Gasteiger partial charge on any atom is 0.330 e. The number of hydrogen-bond acceptors (Lipinski definition) is 5. The number of carbonyl (C=O) groups excluding carboxylic acids is 2. The van der Waals surface area contributed by atoms with Gasteiger partial charge in [0, 0.05) is 13.1 Å². The fourth-order valence-corrected chi connectivity index (χ4v) is 0.701. The van der Waals surface area contributed by atoms with Crippen LogP contribution in [0.25, 0.3) is 0 Å². The van der Waals surface area contributed by atoms with Gasteiger partial charge < -0.3 is 4.84 Å². The van der Waals surface area contributed by atoms with Crippen LogP contribution in [0.3, 0.4) is 0 Å². The molecule has 0 bridgehead atoms. The Morgan fingerprint density at radius 3 is 2.92 bits per heavy atom. The molecule has 1 aromatic heterocycles. The topological polar surface area (TPSA) is 78.3 Å². The smallest absolute Gasteiger partial charge is 0.330 e. The van der Waals surface area contributed by atoms with Gasteiger partial charge in [-0.1, -0.05) is 0 Å². The number of hydrogen-bond donors (Lipinski definition) is 0. The molecule has 0 radical (unpaired) electrons. The van der Waals surface area contributed by atoms with E-state index in [2.05, 4.69) is 9.82 Å². The van der Waals surface area contributed by atoms with Crippen LogP contribution in [0.4, 0.5) is 0 Å². The largest absolute Gasteiger partial charge is 0.334 e. The molecule has 6 nitrogen and oxygen atoms in total. The van der Waals surface area contributed by atoms with Gasteiger partial charge in [0.05, 0.1) is 6.20 Å². The summed E-state index contributed by atoms with van der Waals surface area (Å²) in [6, 6.07) is 0. The molecular formula is C7H6N2O4. The minimum Gasteiger partial charge on any atom is -0.334 e. The summed E-state index contributed by atoms with van der Waals surface area (Å²) in [5, 5.41) is 0. The van der Waals surface area contributed by atoms with Gasteiger partial charge in [0.1, 0.15) is 0 Å². The van der Waals surface area contributed by atoms with Crippen molar-refractivity contribution in [3.05, 3.63) is 28.4 Å². The fourth-order valence-electron chi connectivity index (χ4n) is 0.701. The van der Waals surface area contributed by atoms with Gasteiger partial charge in [-0.15, -0.1) is 4.73 Å². The van der Waals surface area contributed by atoms with Gasteiger partial charge in [-0.25, -0.2) is 9.78 Å². The highest BCUT2D eigenvalue weighted by Crippen LogP contribution is 1.80. The molecule has 0 N–H and O–H groups in total. The van der Waals surface area contributed by atoms with Crippen LogP contribution < -0.4 is 10.4 Å². The van der Waals surface area contributed by atoms with E-state index < -0.39 is 11.5 Å². The molecule has 0 saturated carbocycles. The van der Waals surface area contributed by atoms with E-state index in [1.165, 1.54) is 6.20 Å². The van der Waals surface area contributed by atoms with E-state index in [4.69, 9.17) is 0 Å². The van der Waals surface area contributed by atoms with Gasteiger partial charge in [0.25, 0.3) is 0 Å². The normalized spacial score (nSPS) is 9.31. The van der Waals surface area contributed by atoms with Gasteiger partial charge in [-0.05, 0) is 0 Å². The predicted octanol–water partition coefficient (Wildman–Crippen LogP) is -0.969. The van der Waals surface area contributed by atoms with Crippen molar-refractivity contribution in [3.8, 4) is 0 Å². The Bertz CT molecular complexity index is 396. The summed E-state index contributed by atoms with van der Waals surface area (Å²) in [6.07, 6.45) is 2.63. The lowest BCUT2D eigenvalue weighted by Crippen LogP contribution is -2.31. The summed E-state index contributed by atoms with van der Waals surface area (Å²) in [5.41, 5.74) is -1.06. The zero-order valence-corrected chi connectivity index (χ0v) is 6.76. The van der Waals surface area contributed by atoms with Crippen molar-refractivity contribution < 1.29 is 14.4 Å². The second-order valence-corrected chi connectivity index (χ2v) is 2.14. The molecule has 6 heteroatoms. The first-order chi connectivity index (χ1) is 6.15. The van der Waals surface area contributed by atoms with Crippen LogP contribution in [0.2, 0.25) is 0 Å². The Hall–Kier alpha value is -1.98. The van der Waals surface area contributed by atoms with E-state index in [9.17, 15) is 14.4 Å². The van der Waals surface area contributed by atoms with E-state index in [1.807, 2.05) is 0 Å². The van der Waals surface area contributed by atoms with Crippen LogP contribution in [-0.2, 0) is 4.79 Å². The predicted molar refractivity (Wildman–Crippen MR) is 41.1 cm³/mol. The van der Waals surface area contributed by atoms with E-state index in [1.54, 1.807) is 0 Å². The van der Waals surface area contributed by atoms with E-state index in [-0.39, 0.29) is 5.69 Å². The second-order valence-electron chi connectivity index (χ2n) is 2.14. The second kappa shape index (κ2) is 3.61. The Labute approximate surface area is 72.7 Å². The van der Waals surface area contributed by atoms with Crippen molar-refractivity contribution in [1.82, 2.24) is 9.71 Å². The van der Waals surface area contributed by atoms with Gasteiger partial charge in [-0.2, -0.15) is 0 Å². The first-order valence-corrected chi connectivity index (χ1v) is 3.37. The molecule has 0 saturated heterocycles. The first kappa shape index (κ1) is 9.11. The molecule has 0 aliphatic heterocycles. The maximum atomic E-state index is 11.1. The molecule has 0 aromatic carbocycles. The third-order valence-electron chi connectivity index (χ3n) is 1.17. The standard InChI is InChI=1S/C7H6N2O4/c1-5(11)13-9-3-2-8-6(4-10)7(9)12/h2-4H,1H3. The molecule has 0 amide bonds. The van der Waals surface area contributed by atoms with E-state index >= 15 is 0 Å². The quantitative estimate of drug-likeness (QED) is 0.550. The first-order valence-electron chi connectivity index (χ1n) is 3.37. The number of aromatic nitrogens is 2. The summed E-state index contributed by atoms with van der Waals surface area (Å²) in [4.78, 5) is 39.8. The van der Waals surface area contributed by atoms with Crippen LogP contribution in [0.5, 0.6) is 0 Å². The van der Waals surface area contributed by atoms with Crippen molar-refractivity contribution in [3.63, 3.8) is 0 Å². The number of rotatable bonds is 2. The lowest BCUT2D eigenvalue weighted by molar-refractivity contribution is -0.141. The summed E-state index contributed by atoms with van der Waals surface area (Å²) in [7, 11) is 0. The molecule has 0 atom stereocenters. The van der Waals surface area contributed by atoms with Crippen molar-refractivity contribution in [2.24, 2.45) is 0 Å². The molecule has 0 aliphatic rings. The number of aldehydes is 1. The fraction of sp³-hybridized carbons (Fsp3) is 0.143. The highest BCUT2D eigenvalue weighted by atomic mass is 16.7. The minimum absolute atomic E-state index is 0.294. The van der Waals surface area contributed by atoms with Crippen molar-refractivity contribution in [2.75, 3.05) is 0 Å².